The van der Waals surface area contributed by atoms with Gasteiger partial charge in [-0.1, -0.05) is 45.0 Å². The molecule has 0 aliphatic heterocycles. The molecule has 0 unspecified atom stereocenters. The van der Waals surface area contributed by atoms with E-state index in [4.69, 9.17) is 0 Å². The van der Waals surface area contributed by atoms with Crippen LogP contribution in [-0.4, -0.2) is 13.0 Å². The van der Waals surface area contributed by atoms with Crippen LogP contribution in [-0.2, 0) is 29.4 Å². The van der Waals surface area contributed by atoms with Crippen LogP contribution in [0.3, 0.4) is 0 Å². The molecule has 0 aromatic heterocycles. The first-order valence-electron chi connectivity index (χ1n) is 6.96. The van der Waals surface area contributed by atoms with Gasteiger partial charge in [-0.2, -0.15) is 0 Å². The average molecular weight is 314 g/mol. The van der Waals surface area contributed by atoms with Crippen molar-refractivity contribution in [2.75, 3.05) is 0 Å². The summed E-state index contributed by atoms with van der Waals surface area (Å²) in [7, 11) is -4.48. The normalized spacial score (nSPS) is 11.4. The summed E-state index contributed by atoms with van der Waals surface area (Å²) in [4.78, 5) is -0.0235. The molecule has 0 heterocycles. The molecule has 0 aliphatic carbocycles. The van der Waals surface area contributed by atoms with Crippen LogP contribution in [0, 0.1) is 0 Å². The summed E-state index contributed by atoms with van der Waals surface area (Å²) in [5, 5.41) is 1.45. The fourth-order valence-corrected chi connectivity index (χ4v) is 4.10. The van der Waals surface area contributed by atoms with Crippen molar-refractivity contribution >= 4 is 20.9 Å². The molecule has 0 aliphatic rings. The number of rotatable bonds is 4. The third kappa shape index (κ3) is 3.35. The van der Waals surface area contributed by atoms with E-state index >= 15 is 0 Å². The molecule has 0 atom stereocenters. The van der Waals surface area contributed by atoms with Crippen molar-refractivity contribution in [3.8, 4) is 0 Å². The van der Waals surface area contributed by atoms with Gasteiger partial charge in [-0.05, 0) is 46.7 Å². The molecule has 3 nitrogen and oxygen atoms in total. The van der Waals surface area contributed by atoms with Gasteiger partial charge in [-0.15, -0.1) is 0 Å². The number of fused-ring (bicyclic) bond motifs is 1. The molecule has 0 N–H and O–H groups in total. The van der Waals surface area contributed by atoms with Gasteiger partial charge in [-0.3, -0.25) is 0 Å². The summed E-state index contributed by atoms with van der Waals surface area (Å²) in [5.41, 5.74) is 2.87. The average Bonchev–Trinajstić information content (AvgIpc) is 2.42. The van der Waals surface area contributed by atoms with E-state index in [0.29, 0.717) is 17.4 Å². The molecule has 0 bridgehead atoms. The summed E-state index contributed by atoms with van der Waals surface area (Å²) >= 11 is 0. The SMILES string of the molecule is CCc1c(CC)c(S(=O)(=O)[O-])c2ccccc2c1CC.[Na+]. The van der Waals surface area contributed by atoms with Crippen LogP contribution in [0.5, 0.6) is 0 Å². The summed E-state index contributed by atoms with van der Waals surface area (Å²) in [6, 6.07) is 7.30. The van der Waals surface area contributed by atoms with Gasteiger partial charge in [0.2, 0.25) is 0 Å². The minimum absolute atomic E-state index is 0. The Morgan fingerprint density at radius 3 is 1.76 bits per heavy atom. The summed E-state index contributed by atoms with van der Waals surface area (Å²) < 4.78 is 35.2. The molecular weight excluding hydrogens is 295 g/mol. The van der Waals surface area contributed by atoms with E-state index < -0.39 is 10.1 Å². The van der Waals surface area contributed by atoms with Gasteiger partial charge in [-0.25, -0.2) is 8.42 Å². The molecule has 0 saturated heterocycles. The Balaban J connectivity index is 0.00000220. The van der Waals surface area contributed by atoms with E-state index in [2.05, 4.69) is 6.92 Å². The zero-order valence-electron chi connectivity index (χ0n) is 13.1. The molecule has 21 heavy (non-hydrogen) atoms. The van der Waals surface area contributed by atoms with Gasteiger partial charge in [0.1, 0.15) is 10.1 Å². The molecule has 0 fully saturated rings. The summed E-state index contributed by atoms with van der Waals surface area (Å²) in [5.74, 6) is 0. The van der Waals surface area contributed by atoms with Crippen molar-refractivity contribution < 1.29 is 42.5 Å². The van der Waals surface area contributed by atoms with Crippen LogP contribution < -0.4 is 29.6 Å². The molecule has 2 aromatic carbocycles. The van der Waals surface area contributed by atoms with Crippen molar-refractivity contribution in [1.82, 2.24) is 0 Å². The maximum atomic E-state index is 11.7. The zero-order chi connectivity index (χ0) is 14.9. The Hall–Kier alpha value is -0.390. The van der Waals surface area contributed by atoms with Gasteiger partial charge >= 0.3 is 29.6 Å². The van der Waals surface area contributed by atoms with E-state index in [0.717, 1.165) is 29.4 Å². The van der Waals surface area contributed by atoms with E-state index in [1.165, 1.54) is 0 Å². The van der Waals surface area contributed by atoms with E-state index in [1.807, 2.05) is 26.0 Å². The maximum absolute atomic E-state index is 11.7. The second kappa shape index (κ2) is 7.25. The second-order valence-corrected chi connectivity index (χ2v) is 6.14. The van der Waals surface area contributed by atoms with Crippen LogP contribution in [0.25, 0.3) is 10.8 Å². The van der Waals surface area contributed by atoms with Crippen LogP contribution in [0.2, 0.25) is 0 Å². The summed E-state index contributed by atoms with van der Waals surface area (Å²) in [6.45, 7) is 5.97. The molecule has 0 saturated carbocycles. The minimum atomic E-state index is -4.48. The van der Waals surface area contributed by atoms with Crippen molar-refractivity contribution in [3.63, 3.8) is 0 Å². The molecule has 0 amide bonds. The molecule has 2 rings (SSSR count). The van der Waals surface area contributed by atoms with Crippen molar-refractivity contribution in [1.29, 1.82) is 0 Å². The molecule has 5 heteroatoms. The Kier molecular flexibility index (Phi) is 6.44. The van der Waals surface area contributed by atoms with Gasteiger partial charge in [0.15, 0.2) is 0 Å². The first-order valence-corrected chi connectivity index (χ1v) is 8.37. The number of aryl methyl sites for hydroxylation is 1. The van der Waals surface area contributed by atoms with E-state index in [-0.39, 0.29) is 34.5 Å². The van der Waals surface area contributed by atoms with Crippen LogP contribution in [0.15, 0.2) is 29.2 Å². The quantitative estimate of drug-likeness (QED) is 0.608. The van der Waals surface area contributed by atoms with Crippen LogP contribution in [0.4, 0.5) is 0 Å². The number of hydrogen-bond acceptors (Lipinski definition) is 3. The fourth-order valence-electron chi connectivity index (χ4n) is 3.08. The molecular formula is C16H19NaO3S. The predicted octanol–water partition coefficient (Wildman–Crippen LogP) is 0.435. The standard InChI is InChI=1S/C16H20O3S.Na/c1-4-11-12(5-2)14-9-7-8-10-15(14)16(13(11)6-3)20(17,18)19;/h7-10H,4-6H2,1-3H3,(H,17,18,19);/q;+1/p-1. The Labute approximate surface area is 148 Å². The van der Waals surface area contributed by atoms with E-state index in [1.54, 1.807) is 12.1 Å². The number of hydrogen-bond donors (Lipinski definition) is 0. The molecule has 2 aromatic rings. The fraction of sp³-hybridized carbons (Fsp3) is 0.375. The van der Waals surface area contributed by atoms with Crippen molar-refractivity contribution in [3.05, 3.63) is 41.0 Å². The van der Waals surface area contributed by atoms with Gasteiger partial charge < -0.3 is 4.55 Å². The Morgan fingerprint density at radius 1 is 0.857 bits per heavy atom. The third-order valence-electron chi connectivity index (χ3n) is 3.81. The second-order valence-electron chi connectivity index (χ2n) is 4.83. The Morgan fingerprint density at radius 2 is 1.33 bits per heavy atom. The topological polar surface area (TPSA) is 57.2 Å². The largest absolute Gasteiger partial charge is 1.00 e. The van der Waals surface area contributed by atoms with Crippen LogP contribution in [0.1, 0.15) is 37.5 Å². The smallest absolute Gasteiger partial charge is 0.744 e. The first-order chi connectivity index (χ1) is 9.45. The first kappa shape index (κ1) is 18.7. The van der Waals surface area contributed by atoms with Gasteiger partial charge in [0, 0.05) is 0 Å². The van der Waals surface area contributed by atoms with Gasteiger partial charge in [0.25, 0.3) is 0 Å². The Bertz CT molecular complexity index is 752. The van der Waals surface area contributed by atoms with Gasteiger partial charge in [0.05, 0.1) is 4.90 Å². The van der Waals surface area contributed by atoms with Crippen molar-refractivity contribution in [2.45, 2.75) is 44.9 Å². The molecule has 0 radical (unpaired) electrons. The monoisotopic (exact) mass is 314 g/mol. The third-order valence-corrected chi connectivity index (χ3v) is 4.78. The maximum Gasteiger partial charge on any atom is 1.00 e. The number of benzene rings is 2. The molecule has 108 valence electrons. The zero-order valence-corrected chi connectivity index (χ0v) is 15.9. The predicted molar refractivity (Wildman–Crippen MR) is 80.0 cm³/mol. The van der Waals surface area contributed by atoms with Crippen molar-refractivity contribution in [2.24, 2.45) is 0 Å². The molecule has 0 spiro atoms. The van der Waals surface area contributed by atoms with Crippen LogP contribution >= 0.6 is 0 Å². The minimum Gasteiger partial charge on any atom is -0.744 e. The summed E-state index contributed by atoms with van der Waals surface area (Å²) in [6.07, 6.45) is 2.12. The van der Waals surface area contributed by atoms with E-state index in [9.17, 15) is 13.0 Å².